The van der Waals surface area contributed by atoms with Gasteiger partial charge in [0.25, 0.3) is 0 Å². The zero-order chi connectivity index (χ0) is 21.1. The summed E-state index contributed by atoms with van der Waals surface area (Å²) in [5.74, 6) is 0.206. The molecule has 0 bridgehead atoms. The number of ether oxygens (including phenoxy) is 1. The van der Waals surface area contributed by atoms with E-state index in [-0.39, 0.29) is 35.6 Å². The highest BCUT2D eigenvalue weighted by Gasteiger charge is 2.57. The molecule has 0 unspecified atom stereocenters. The summed E-state index contributed by atoms with van der Waals surface area (Å²) in [6.07, 6.45) is 7.83. The fourth-order valence-corrected chi connectivity index (χ4v) is 5.90. The Labute approximate surface area is 177 Å². The Hall–Kier alpha value is -2.34. The number of fused-ring (bicyclic) bond motifs is 3. The van der Waals surface area contributed by atoms with Crippen LogP contribution in [0.3, 0.4) is 0 Å². The number of nitrogens with zero attached hydrogens (tertiary/aromatic N) is 2. The number of aromatic nitrogens is 2. The first-order chi connectivity index (χ1) is 14.3. The van der Waals surface area contributed by atoms with E-state index in [1.54, 1.807) is 0 Å². The Morgan fingerprint density at radius 2 is 2.00 bits per heavy atom. The van der Waals surface area contributed by atoms with Crippen molar-refractivity contribution in [3.63, 3.8) is 0 Å². The van der Waals surface area contributed by atoms with Crippen LogP contribution in [0.5, 0.6) is 0 Å². The van der Waals surface area contributed by atoms with E-state index in [0.29, 0.717) is 0 Å². The molecule has 2 aromatic rings. The molecule has 2 N–H and O–H groups in total. The molecule has 3 aliphatic rings. The van der Waals surface area contributed by atoms with Crippen LogP contribution in [0.1, 0.15) is 64.5 Å². The van der Waals surface area contributed by atoms with Crippen LogP contribution >= 0.6 is 0 Å². The number of hydrogen-bond donors (Lipinski definition) is 2. The summed E-state index contributed by atoms with van der Waals surface area (Å²) in [4.78, 5) is 16.4. The molecule has 3 atom stereocenters. The maximum absolute atomic E-state index is 12.1. The monoisotopic (exact) mass is 409 g/mol. The number of rotatable bonds is 2. The van der Waals surface area contributed by atoms with E-state index in [4.69, 9.17) is 4.74 Å². The Morgan fingerprint density at radius 1 is 1.27 bits per heavy atom. The minimum absolute atomic E-state index is 0.0188. The van der Waals surface area contributed by atoms with Crippen LogP contribution in [0.4, 0.5) is 4.79 Å². The summed E-state index contributed by atoms with van der Waals surface area (Å²) in [7, 11) is 0. The molecule has 1 spiro atoms. The summed E-state index contributed by atoms with van der Waals surface area (Å²) >= 11 is 0. The van der Waals surface area contributed by atoms with Gasteiger partial charge in [-0.3, -0.25) is 0 Å². The van der Waals surface area contributed by atoms with Gasteiger partial charge in [0.15, 0.2) is 0 Å². The first kappa shape index (κ1) is 19.6. The van der Waals surface area contributed by atoms with Crippen molar-refractivity contribution in [2.24, 2.45) is 11.3 Å². The molecule has 6 nitrogen and oxygen atoms in total. The summed E-state index contributed by atoms with van der Waals surface area (Å²) in [5, 5.41) is 14.3. The van der Waals surface area contributed by atoms with Gasteiger partial charge in [-0.2, -0.15) is 0 Å². The van der Waals surface area contributed by atoms with E-state index in [1.807, 2.05) is 33.3 Å². The number of benzene rings is 1. The predicted octanol–water partition coefficient (Wildman–Crippen LogP) is 4.29. The van der Waals surface area contributed by atoms with Crippen molar-refractivity contribution in [1.82, 2.24) is 14.9 Å². The number of carbonyl (C=O) groups excluding carboxylic acids is 1. The number of amides is 1. The first-order valence-electron chi connectivity index (χ1n) is 11.1. The van der Waals surface area contributed by atoms with Crippen molar-refractivity contribution in [2.75, 3.05) is 0 Å². The third-order valence-corrected chi connectivity index (χ3v) is 7.30. The quantitative estimate of drug-likeness (QED) is 0.776. The molecular formula is C24H31N3O3. The van der Waals surface area contributed by atoms with Gasteiger partial charge in [-0.15, -0.1) is 0 Å². The van der Waals surface area contributed by atoms with Crippen LogP contribution in [-0.2, 0) is 4.74 Å². The molecular weight excluding hydrogens is 378 g/mol. The van der Waals surface area contributed by atoms with E-state index in [1.165, 1.54) is 11.1 Å². The van der Waals surface area contributed by atoms with Crippen LogP contribution < -0.4 is 5.32 Å². The van der Waals surface area contributed by atoms with Gasteiger partial charge < -0.3 is 19.7 Å². The van der Waals surface area contributed by atoms with Crippen LogP contribution in [0.15, 0.2) is 36.8 Å². The number of imidazole rings is 1. The topological polar surface area (TPSA) is 76.4 Å². The number of aliphatic hydroxyl groups is 1. The van der Waals surface area contributed by atoms with E-state index in [9.17, 15) is 9.90 Å². The van der Waals surface area contributed by atoms with Gasteiger partial charge in [-0.05, 0) is 63.9 Å². The SMILES string of the molecule is CC(C)(C)OC(=O)NC1CCC2(CC1)C[C@@H]([C@@H]1c3ccccc3-c3cncn31)[C@H]2O. The van der Waals surface area contributed by atoms with Gasteiger partial charge in [0, 0.05) is 17.5 Å². The molecule has 5 rings (SSSR count). The second-order valence-electron chi connectivity index (χ2n) is 10.3. The highest BCUT2D eigenvalue weighted by Crippen LogP contribution is 2.60. The lowest BCUT2D eigenvalue weighted by molar-refractivity contribution is -0.152. The highest BCUT2D eigenvalue weighted by molar-refractivity contribution is 5.69. The lowest BCUT2D eigenvalue weighted by Crippen LogP contribution is -2.58. The average molecular weight is 410 g/mol. The van der Waals surface area contributed by atoms with E-state index in [0.717, 1.165) is 37.8 Å². The van der Waals surface area contributed by atoms with Crippen molar-refractivity contribution >= 4 is 6.09 Å². The number of hydrogen-bond acceptors (Lipinski definition) is 4. The lowest BCUT2D eigenvalue weighted by Gasteiger charge is -2.57. The van der Waals surface area contributed by atoms with Gasteiger partial charge in [0.1, 0.15) is 5.60 Å². The Morgan fingerprint density at radius 3 is 2.70 bits per heavy atom. The van der Waals surface area contributed by atoms with Crippen LogP contribution in [0.25, 0.3) is 11.3 Å². The minimum atomic E-state index is -0.485. The Kier molecular flexibility index (Phi) is 4.47. The van der Waals surface area contributed by atoms with Gasteiger partial charge >= 0.3 is 6.09 Å². The van der Waals surface area contributed by atoms with E-state index >= 15 is 0 Å². The van der Waals surface area contributed by atoms with E-state index in [2.05, 4.69) is 39.1 Å². The molecule has 6 heteroatoms. The molecule has 0 radical (unpaired) electrons. The molecule has 30 heavy (non-hydrogen) atoms. The maximum atomic E-state index is 12.1. The fraction of sp³-hybridized carbons (Fsp3) is 0.583. The van der Waals surface area contributed by atoms with Crippen molar-refractivity contribution < 1.29 is 14.6 Å². The summed E-state index contributed by atoms with van der Waals surface area (Å²) < 4.78 is 7.63. The molecule has 2 fully saturated rings. The number of carbonyl (C=O) groups is 1. The summed E-state index contributed by atoms with van der Waals surface area (Å²) in [6.45, 7) is 5.63. The van der Waals surface area contributed by atoms with Crippen molar-refractivity contribution in [2.45, 2.75) is 76.7 Å². The summed E-state index contributed by atoms with van der Waals surface area (Å²) in [6, 6.07) is 8.78. The zero-order valence-corrected chi connectivity index (χ0v) is 18.0. The summed E-state index contributed by atoms with van der Waals surface area (Å²) in [5.41, 5.74) is 3.18. The second kappa shape index (κ2) is 6.84. The molecule has 1 aromatic carbocycles. The molecule has 2 aliphatic carbocycles. The Balaban J connectivity index is 1.24. The molecule has 1 amide bonds. The van der Waals surface area contributed by atoms with Crippen LogP contribution in [0, 0.1) is 11.3 Å². The largest absolute Gasteiger partial charge is 0.444 e. The third-order valence-electron chi connectivity index (χ3n) is 7.30. The zero-order valence-electron chi connectivity index (χ0n) is 18.0. The van der Waals surface area contributed by atoms with Gasteiger partial charge in [0.2, 0.25) is 0 Å². The standard InChI is InChI=1S/C24H31N3O3/c1-23(2,3)30-22(29)26-15-8-10-24(11-9-15)12-18(21(24)28)20-17-7-5-4-6-16(17)19-13-25-14-27(19)20/h4-7,13-15,18,20-21,28H,8-12H2,1-3H3,(H,26,29)/t15?,18-,20-,21+,24?/m0/s1. The lowest BCUT2D eigenvalue weighted by atomic mass is 9.51. The second-order valence-corrected chi connectivity index (χ2v) is 10.3. The van der Waals surface area contributed by atoms with Crippen molar-refractivity contribution in [3.05, 3.63) is 42.4 Å². The average Bonchev–Trinajstić information content (AvgIpc) is 3.27. The smallest absolute Gasteiger partial charge is 0.407 e. The maximum Gasteiger partial charge on any atom is 0.407 e. The fourth-order valence-electron chi connectivity index (χ4n) is 5.90. The van der Waals surface area contributed by atoms with Gasteiger partial charge in [-0.25, -0.2) is 9.78 Å². The number of aliphatic hydroxyl groups excluding tert-OH is 1. The van der Waals surface area contributed by atoms with Crippen LogP contribution in [-0.4, -0.2) is 38.5 Å². The molecule has 0 saturated heterocycles. The third kappa shape index (κ3) is 3.13. The van der Waals surface area contributed by atoms with Crippen molar-refractivity contribution in [1.29, 1.82) is 0 Å². The Bertz CT molecular complexity index is 953. The normalized spacial score (nSPS) is 32.3. The number of nitrogens with one attached hydrogen (secondary N) is 1. The number of alkyl carbamates (subject to hydrolysis) is 1. The molecule has 2 saturated carbocycles. The van der Waals surface area contributed by atoms with Gasteiger partial charge in [0.05, 0.1) is 30.4 Å². The van der Waals surface area contributed by atoms with Gasteiger partial charge in [-0.1, -0.05) is 24.3 Å². The molecule has 160 valence electrons. The molecule has 2 heterocycles. The highest BCUT2D eigenvalue weighted by atomic mass is 16.6. The van der Waals surface area contributed by atoms with E-state index < -0.39 is 5.60 Å². The van der Waals surface area contributed by atoms with Crippen molar-refractivity contribution in [3.8, 4) is 11.3 Å². The first-order valence-corrected chi connectivity index (χ1v) is 11.1. The predicted molar refractivity (Wildman–Crippen MR) is 114 cm³/mol. The molecule has 1 aromatic heterocycles. The molecule has 1 aliphatic heterocycles. The minimum Gasteiger partial charge on any atom is -0.444 e. The van der Waals surface area contributed by atoms with Crippen LogP contribution in [0.2, 0.25) is 0 Å².